The van der Waals surface area contributed by atoms with Gasteiger partial charge in [0.15, 0.2) is 0 Å². The fraction of sp³-hybridized carbons (Fsp3) is 0.286. The van der Waals surface area contributed by atoms with Crippen molar-refractivity contribution in [3.8, 4) is 11.5 Å². The van der Waals surface area contributed by atoms with Gasteiger partial charge in [-0.3, -0.25) is 15.0 Å². The van der Waals surface area contributed by atoms with Crippen molar-refractivity contribution < 1.29 is 32.6 Å². The summed E-state index contributed by atoms with van der Waals surface area (Å²) in [6.07, 6.45) is 0.415. The Labute approximate surface area is 191 Å². The van der Waals surface area contributed by atoms with Crippen molar-refractivity contribution in [2.75, 3.05) is 20.3 Å². The number of hydrogen-bond donors (Lipinski definition) is 5. The molecule has 178 valence electrons. The molecule has 2 aromatic rings. The quantitative estimate of drug-likeness (QED) is 0.158. The molecule has 0 fully saturated rings. The van der Waals surface area contributed by atoms with Crippen LogP contribution in [0.15, 0.2) is 53.4 Å². The monoisotopic (exact) mass is 478 g/mol. The van der Waals surface area contributed by atoms with Crippen LogP contribution in [-0.4, -0.2) is 57.5 Å². The van der Waals surface area contributed by atoms with Crippen molar-refractivity contribution in [3.05, 3.63) is 54.1 Å². The lowest BCUT2D eigenvalue weighted by Gasteiger charge is -2.16. The molecule has 2 rings (SSSR count). The van der Waals surface area contributed by atoms with Gasteiger partial charge in [-0.25, -0.2) is 8.42 Å². The summed E-state index contributed by atoms with van der Waals surface area (Å²) < 4.78 is 37.4. The number of nitrogens with one attached hydrogen (secondary N) is 3. The first kappa shape index (κ1) is 25.6. The lowest BCUT2D eigenvalue weighted by molar-refractivity contribution is -0.138. The summed E-state index contributed by atoms with van der Waals surface area (Å²) >= 11 is 0. The number of carboxylic acid groups (broad SMARTS) is 1. The van der Waals surface area contributed by atoms with Gasteiger partial charge in [0.25, 0.3) is 0 Å². The summed E-state index contributed by atoms with van der Waals surface area (Å²) in [6, 6.07) is 10.5. The number of rotatable bonds is 13. The maximum atomic E-state index is 12.4. The minimum Gasteiger partial charge on any atom is -0.497 e. The number of ether oxygens (including phenoxy) is 2. The Morgan fingerprint density at radius 2 is 1.70 bits per heavy atom. The third-order valence-electron chi connectivity index (χ3n) is 4.45. The predicted octanol–water partition coefficient (Wildman–Crippen LogP) is 0.686. The lowest BCUT2D eigenvalue weighted by Crippen LogP contribution is -2.48. The van der Waals surface area contributed by atoms with E-state index in [9.17, 15) is 23.1 Å². The summed E-state index contributed by atoms with van der Waals surface area (Å²) in [4.78, 5) is 23.4. The van der Waals surface area contributed by atoms with Gasteiger partial charge in [0.1, 0.15) is 23.4 Å². The minimum absolute atomic E-state index is 0.0517. The van der Waals surface area contributed by atoms with Gasteiger partial charge in [0.05, 0.1) is 18.6 Å². The first-order valence-corrected chi connectivity index (χ1v) is 11.3. The molecule has 0 aromatic heterocycles. The van der Waals surface area contributed by atoms with E-state index in [4.69, 9.17) is 20.6 Å². The number of benzene rings is 2. The van der Waals surface area contributed by atoms with Crippen LogP contribution >= 0.6 is 0 Å². The van der Waals surface area contributed by atoms with Crippen molar-refractivity contribution in [2.45, 2.75) is 23.8 Å². The van der Waals surface area contributed by atoms with E-state index in [0.29, 0.717) is 23.5 Å². The SMILES string of the molecule is COc1ccc(S(=O)(=O)N[C@@H](CNC(=O)CCCOc2ccc(C(=N)N)cc2)C(=O)O)cc1. The first-order chi connectivity index (χ1) is 15.6. The molecule has 11 nitrogen and oxygen atoms in total. The van der Waals surface area contributed by atoms with E-state index >= 15 is 0 Å². The highest BCUT2D eigenvalue weighted by Gasteiger charge is 2.26. The van der Waals surface area contributed by atoms with Gasteiger partial charge < -0.3 is 25.6 Å². The largest absolute Gasteiger partial charge is 0.497 e. The fourth-order valence-electron chi connectivity index (χ4n) is 2.65. The van der Waals surface area contributed by atoms with E-state index < -0.39 is 34.5 Å². The summed E-state index contributed by atoms with van der Waals surface area (Å²) in [5, 5.41) is 19.1. The number of amidine groups is 1. The first-order valence-electron chi connectivity index (χ1n) is 9.85. The number of amides is 1. The van der Waals surface area contributed by atoms with E-state index in [1.807, 2.05) is 0 Å². The molecule has 0 saturated carbocycles. The molecule has 1 amide bonds. The molecule has 0 bridgehead atoms. The average Bonchev–Trinajstić information content (AvgIpc) is 2.79. The second-order valence-electron chi connectivity index (χ2n) is 6.88. The highest BCUT2D eigenvalue weighted by Crippen LogP contribution is 2.16. The van der Waals surface area contributed by atoms with E-state index in [1.54, 1.807) is 24.3 Å². The van der Waals surface area contributed by atoms with Crippen molar-refractivity contribution in [2.24, 2.45) is 5.73 Å². The third kappa shape index (κ3) is 8.09. The highest BCUT2D eigenvalue weighted by molar-refractivity contribution is 7.89. The topological polar surface area (TPSA) is 181 Å². The molecule has 2 aromatic carbocycles. The molecule has 12 heteroatoms. The van der Waals surface area contributed by atoms with Gasteiger partial charge in [-0.15, -0.1) is 0 Å². The van der Waals surface area contributed by atoms with E-state index in [2.05, 4.69) is 10.0 Å². The molecule has 0 aliphatic rings. The van der Waals surface area contributed by atoms with Crippen LogP contribution in [0.4, 0.5) is 0 Å². The molecule has 0 radical (unpaired) electrons. The van der Waals surface area contributed by atoms with E-state index in [-0.39, 0.29) is 23.8 Å². The van der Waals surface area contributed by atoms with Crippen LogP contribution in [0, 0.1) is 5.41 Å². The number of sulfonamides is 1. The fourth-order valence-corrected chi connectivity index (χ4v) is 3.84. The zero-order valence-electron chi connectivity index (χ0n) is 17.9. The smallest absolute Gasteiger partial charge is 0.323 e. The number of carbonyl (C=O) groups is 2. The summed E-state index contributed by atoms with van der Waals surface area (Å²) in [6.45, 7) is -0.184. The van der Waals surface area contributed by atoms with Gasteiger partial charge in [0.2, 0.25) is 15.9 Å². The molecular formula is C21H26N4O7S. The van der Waals surface area contributed by atoms with Gasteiger partial charge in [0, 0.05) is 18.5 Å². The Kier molecular flexibility index (Phi) is 9.18. The van der Waals surface area contributed by atoms with Crippen molar-refractivity contribution in [3.63, 3.8) is 0 Å². The van der Waals surface area contributed by atoms with Gasteiger partial charge in [-0.1, -0.05) is 0 Å². The summed E-state index contributed by atoms with van der Waals surface area (Å²) in [5.41, 5.74) is 5.95. The van der Waals surface area contributed by atoms with Crippen LogP contribution in [0.3, 0.4) is 0 Å². The normalized spacial score (nSPS) is 11.9. The van der Waals surface area contributed by atoms with Crippen LogP contribution in [0.25, 0.3) is 0 Å². The maximum Gasteiger partial charge on any atom is 0.323 e. The molecule has 0 aliphatic heterocycles. The Bertz CT molecular complexity index is 1070. The van der Waals surface area contributed by atoms with Gasteiger partial charge in [-0.05, 0) is 55.0 Å². The average molecular weight is 479 g/mol. The number of hydrogen-bond acceptors (Lipinski definition) is 7. The predicted molar refractivity (Wildman–Crippen MR) is 120 cm³/mol. The zero-order chi connectivity index (χ0) is 24.4. The number of aliphatic carboxylic acids is 1. The third-order valence-corrected chi connectivity index (χ3v) is 5.94. The van der Waals surface area contributed by atoms with E-state index in [1.165, 1.54) is 31.4 Å². The molecule has 0 spiro atoms. The summed E-state index contributed by atoms with van der Waals surface area (Å²) in [7, 11) is -2.68. The van der Waals surface area contributed by atoms with Crippen LogP contribution in [0.1, 0.15) is 18.4 Å². The second-order valence-corrected chi connectivity index (χ2v) is 8.60. The zero-order valence-corrected chi connectivity index (χ0v) is 18.7. The van der Waals surface area contributed by atoms with Crippen LogP contribution in [0.5, 0.6) is 11.5 Å². The van der Waals surface area contributed by atoms with Crippen molar-refractivity contribution >= 4 is 27.7 Å². The van der Waals surface area contributed by atoms with Gasteiger partial charge >= 0.3 is 5.97 Å². The Morgan fingerprint density at radius 3 is 2.24 bits per heavy atom. The molecule has 1 atom stereocenters. The molecule has 0 heterocycles. The molecule has 0 saturated heterocycles. The Hall–Kier alpha value is -3.64. The van der Waals surface area contributed by atoms with Crippen LogP contribution in [-0.2, 0) is 19.6 Å². The molecule has 0 unspecified atom stereocenters. The Morgan fingerprint density at radius 1 is 1.09 bits per heavy atom. The van der Waals surface area contributed by atoms with Crippen LogP contribution < -0.4 is 25.2 Å². The maximum absolute atomic E-state index is 12.4. The Balaban J connectivity index is 1.79. The van der Waals surface area contributed by atoms with Gasteiger partial charge in [-0.2, -0.15) is 4.72 Å². The standard InChI is InChI=1S/C21H26N4O7S/c1-31-15-8-10-17(11-9-15)33(29,30)25-18(21(27)28)13-24-19(26)3-2-12-32-16-6-4-14(5-7-16)20(22)23/h4-11,18,25H,2-3,12-13H2,1H3,(H3,22,23)(H,24,26)(H,27,28)/t18-/m0/s1. The lowest BCUT2D eigenvalue weighted by atomic mass is 10.2. The molecular weight excluding hydrogens is 452 g/mol. The number of carboxylic acids is 1. The molecule has 33 heavy (non-hydrogen) atoms. The number of nitrogens with two attached hydrogens (primary N) is 1. The highest BCUT2D eigenvalue weighted by atomic mass is 32.2. The van der Waals surface area contributed by atoms with Crippen molar-refractivity contribution in [1.29, 1.82) is 5.41 Å². The number of carbonyl (C=O) groups excluding carboxylic acids is 1. The molecule has 6 N–H and O–H groups in total. The second kappa shape index (κ2) is 11.8. The van der Waals surface area contributed by atoms with E-state index in [0.717, 1.165) is 0 Å². The number of methoxy groups -OCH3 is 1. The van der Waals surface area contributed by atoms with Crippen molar-refractivity contribution in [1.82, 2.24) is 10.0 Å². The molecule has 0 aliphatic carbocycles. The minimum atomic E-state index is -4.12. The summed E-state index contributed by atoms with van der Waals surface area (Å²) in [5.74, 6) is -0.915. The van der Waals surface area contributed by atoms with Crippen LogP contribution in [0.2, 0.25) is 0 Å². The number of nitrogen functional groups attached to an aromatic ring is 1.